The zero-order valence-corrected chi connectivity index (χ0v) is 12.8. The van der Waals surface area contributed by atoms with E-state index in [2.05, 4.69) is 20.9 Å². The number of nitrogens with zero attached hydrogens (tertiary/aromatic N) is 1. The van der Waals surface area contributed by atoms with Crippen molar-refractivity contribution in [2.45, 2.75) is 12.5 Å². The van der Waals surface area contributed by atoms with E-state index >= 15 is 0 Å². The number of hydrogen-bond acceptors (Lipinski definition) is 3. The summed E-state index contributed by atoms with van der Waals surface area (Å²) in [4.78, 5) is 5.08. The summed E-state index contributed by atoms with van der Waals surface area (Å²) < 4.78 is 14.9. The van der Waals surface area contributed by atoms with E-state index in [1.807, 2.05) is 18.2 Å². The second-order valence-electron chi connectivity index (χ2n) is 4.52. The first-order valence-corrected chi connectivity index (χ1v) is 7.70. The molecule has 1 unspecified atom stereocenters. The topological polar surface area (TPSA) is 33.1 Å². The maximum absolute atomic E-state index is 13.2. The third kappa shape index (κ3) is 2.90. The van der Waals surface area contributed by atoms with Gasteiger partial charge in [-0.2, -0.15) is 0 Å². The quantitative estimate of drug-likeness (QED) is 0.754. The molecule has 5 heteroatoms. The van der Waals surface area contributed by atoms with Crippen LogP contribution >= 0.6 is 27.3 Å². The first kappa shape index (κ1) is 13.7. The molecule has 1 aromatic carbocycles. The molecule has 0 aliphatic rings. The number of halogens is 2. The number of pyridine rings is 1. The van der Waals surface area contributed by atoms with Gasteiger partial charge < -0.3 is 5.11 Å². The molecule has 1 atom stereocenters. The summed E-state index contributed by atoms with van der Waals surface area (Å²) in [6, 6.07) is 10.3. The Balaban J connectivity index is 1.84. The predicted octanol–water partition coefficient (Wildman–Crippen LogP) is 4.47. The van der Waals surface area contributed by atoms with Crippen LogP contribution in [0.4, 0.5) is 4.39 Å². The van der Waals surface area contributed by atoms with Crippen molar-refractivity contribution in [1.29, 1.82) is 0 Å². The van der Waals surface area contributed by atoms with E-state index in [0.29, 0.717) is 6.42 Å². The molecule has 0 fully saturated rings. The van der Waals surface area contributed by atoms with Crippen molar-refractivity contribution >= 4 is 37.4 Å². The van der Waals surface area contributed by atoms with Crippen LogP contribution in [0.3, 0.4) is 0 Å². The molecule has 2 aromatic heterocycles. The fourth-order valence-corrected chi connectivity index (χ4v) is 3.33. The molecule has 1 N–H and O–H groups in total. The molecule has 2 nitrogen and oxygen atoms in total. The lowest BCUT2D eigenvalue weighted by Gasteiger charge is -2.07. The Bertz CT molecular complexity index is 741. The maximum Gasteiger partial charge on any atom is 0.124 e. The van der Waals surface area contributed by atoms with Crippen molar-refractivity contribution in [3.8, 4) is 0 Å². The van der Waals surface area contributed by atoms with Crippen LogP contribution in [-0.2, 0) is 6.42 Å². The lowest BCUT2D eigenvalue weighted by molar-refractivity contribution is 0.181. The maximum atomic E-state index is 13.2. The number of aromatic nitrogens is 1. The number of fused-ring (bicyclic) bond motifs is 1. The first-order chi connectivity index (χ1) is 9.61. The van der Waals surface area contributed by atoms with Gasteiger partial charge in [-0.3, -0.25) is 4.98 Å². The Morgan fingerprint density at radius 1 is 1.25 bits per heavy atom. The number of aliphatic hydroxyl groups is 1. The molecule has 3 aromatic rings. The van der Waals surface area contributed by atoms with Crippen LogP contribution in [0.25, 0.3) is 10.1 Å². The summed E-state index contributed by atoms with van der Waals surface area (Å²) in [5.41, 5.74) is 0.823. The minimum Gasteiger partial charge on any atom is -0.387 e. The number of hydrogen-bond donors (Lipinski definition) is 1. The summed E-state index contributed by atoms with van der Waals surface area (Å²) in [6.07, 6.45) is 1.54. The van der Waals surface area contributed by atoms with Crippen LogP contribution < -0.4 is 0 Å². The van der Waals surface area contributed by atoms with Gasteiger partial charge in [-0.25, -0.2) is 4.39 Å². The van der Waals surface area contributed by atoms with E-state index in [1.54, 1.807) is 12.3 Å². The third-order valence-electron chi connectivity index (χ3n) is 3.02. The number of rotatable bonds is 3. The zero-order valence-electron chi connectivity index (χ0n) is 10.4. The molecule has 2 heterocycles. The Hall–Kier alpha value is -1.30. The fraction of sp³-hybridized carbons (Fsp3) is 0.133. The smallest absolute Gasteiger partial charge is 0.124 e. The highest BCUT2D eigenvalue weighted by atomic mass is 79.9. The van der Waals surface area contributed by atoms with E-state index in [9.17, 15) is 9.50 Å². The van der Waals surface area contributed by atoms with E-state index in [1.165, 1.54) is 23.5 Å². The van der Waals surface area contributed by atoms with Gasteiger partial charge in [0.1, 0.15) is 5.82 Å². The SMILES string of the molecule is OC(Cc1ccc(Br)cn1)c1cc2ccc(F)cc2s1. The van der Waals surface area contributed by atoms with Gasteiger partial charge in [0.2, 0.25) is 0 Å². The molecule has 0 radical (unpaired) electrons. The normalized spacial score (nSPS) is 12.8. The van der Waals surface area contributed by atoms with Crippen molar-refractivity contribution in [2.75, 3.05) is 0 Å². The highest BCUT2D eigenvalue weighted by Crippen LogP contribution is 2.31. The van der Waals surface area contributed by atoms with Gasteiger partial charge in [-0.1, -0.05) is 6.07 Å². The van der Waals surface area contributed by atoms with Crippen molar-refractivity contribution < 1.29 is 9.50 Å². The second-order valence-corrected chi connectivity index (χ2v) is 6.55. The lowest BCUT2D eigenvalue weighted by Crippen LogP contribution is -2.01. The molecule has 102 valence electrons. The van der Waals surface area contributed by atoms with Crippen LogP contribution in [0.1, 0.15) is 16.7 Å². The summed E-state index contributed by atoms with van der Waals surface area (Å²) in [5.74, 6) is -0.255. The van der Waals surface area contributed by atoms with Gasteiger partial charge in [0, 0.05) is 32.4 Å². The lowest BCUT2D eigenvalue weighted by atomic mass is 10.1. The molecule has 0 aliphatic heterocycles. The van der Waals surface area contributed by atoms with Gasteiger partial charge in [0.05, 0.1) is 6.10 Å². The van der Waals surface area contributed by atoms with Crippen LogP contribution in [0.5, 0.6) is 0 Å². The van der Waals surface area contributed by atoms with Gasteiger partial charge in [-0.15, -0.1) is 11.3 Å². The number of thiophene rings is 1. The first-order valence-electron chi connectivity index (χ1n) is 6.09. The molecule has 0 bridgehead atoms. The molecular weight excluding hydrogens is 341 g/mol. The van der Waals surface area contributed by atoms with Crippen molar-refractivity contribution in [3.05, 3.63) is 63.5 Å². The predicted molar refractivity (Wildman–Crippen MR) is 82.4 cm³/mol. The van der Waals surface area contributed by atoms with E-state index in [-0.39, 0.29) is 5.82 Å². The Kier molecular flexibility index (Phi) is 3.83. The Morgan fingerprint density at radius 2 is 2.10 bits per heavy atom. The summed E-state index contributed by atoms with van der Waals surface area (Å²) in [7, 11) is 0. The minimum atomic E-state index is -0.621. The average Bonchev–Trinajstić information content (AvgIpc) is 2.84. The average molecular weight is 352 g/mol. The monoisotopic (exact) mass is 351 g/mol. The fourth-order valence-electron chi connectivity index (χ4n) is 2.02. The van der Waals surface area contributed by atoms with Crippen LogP contribution in [0, 0.1) is 5.82 Å². The molecule has 0 aliphatic carbocycles. The van der Waals surface area contributed by atoms with E-state index in [4.69, 9.17) is 0 Å². The standard InChI is InChI=1S/C15H11BrFNOS/c16-10-2-4-12(18-8-10)7-13(19)15-5-9-1-3-11(17)6-14(9)20-15/h1-6,8,13,19H,7H2. The van der Waals surface area contributed by atoms with Crippen LogP contribution in [0.15, 0.2) is 47.1 Å². The second kappa shape index (κ2) is 5.60. The molecule has 0 saturated heterocycles. The molecule has 20 heavy (non-hydrogen) atoms. The highest BCUT2D eigenvalue weighted by Gasteiger charge is 2.13. The van der Waals surface area contributed by atoms with E-state index in [0.717, 1.165) is 25.1 Å². The summed E-state index contributed by atoms with van der Waals surface area (Å²) >= 11 is 4.74. The van der Waals surface area contributed by atoms with Gasteiger partial charge in [0.15, 0.2) is 0 Å². The molecule has 3 rings (SSSR count). The molecule has 0 amide bonds. The Morgan fingerprint density at radius 3 is 2.85 bits per heavy atom. The van der Waals surface area contributed by atoms with Crippen molar-refractivity contribution in [1.82, 2.24) is 4.98 Å². The minimum absolute atomic E-state index is 0.255. The molecule has 0 spiro atoms. The Labute approximate surface area is 128 Å². The van der Waals surface area contributed by atoms with Crippen molar-refractivity contribution in [3.63, 3.8) is 0 Å². The molecule has 0 saturated carbocycles. The largest absolute Gasteiger partial charge is 0.387 e. The van der Waals surface area contributed by atoms with E-state index < -0.39 is 6.10 Å². The number of benzene rings is 1. The van der Waals surface area contributed by atoms with Crippen molar-refractivity contribution in [2.24, 2.45) is 0 Å². The molecular formula is C15H11BrFNOS. The highest BCUT2D eigenvalue weighted by molar-refractivity contribution is 9.10. The van der Waals surface area contributed by atoms with Crippen LogP contribution in [0.2, 0.25) is 0 Å². The third-order valence-corrected chi connectivity index (χ3v) is 4.69. The van der Waals surface area contributed by atoms with Crippen LogP contribution in [-0.4, -0.2) is 10.1 Å². The number of aliphatic hydroxyl groups excluding tert-OH is 1. The summed E-state index contributed by atoms with van der Waals surface area (Å²) in [6.45, 7) is 0. The zero-order chi connectivity index (χ0) is 14.1. The summed E-state index contributed by atoms with van der Waals surface area (Å²) in [5, 5.41) is 11.2. The van der Waals surface area contributed by atoms with Gasteiger partial charge in [-0.05, 0) is 51.6 Å². The van der Waals surface area contributed by atoms with Gasteiger partial charge >= 0.3 is 0 Å². The van der Waals surface area contributed by atoms with Gasteiger partial charge in [0.25, 0.3) is 0 Å².